The fourth-order valence-electron chi connectivity index (χ4n) is 6.25. The Bertz CT molecular complexity index is 1130. The zero-order valence-electron chi connectivity index (χ0n) is 17.5. The van der Waals surface area contributed by atoms with Gasteiger partial charge < -0.3 is 4.98 Å². The number of fused-ring (bicyclic) bond motifs is 6. The van der Waals surface area contributed by atoms with E-state index >= 15 is 0 Å². The molecule has 6 rings (SSSR count). The van der Waals surface area contributed by atoms with Crippen LogP contribution in [0, 0.1) is 11.8 Å². The van der Waals surface area contributed by atoms with Gasteiger partial charge in [-0.2, -0.15) is 0 Å². The predicted molar refractivity (Wildman–Crippen MR) is 120 cm³/mol. The zero-order valence-corrected chi connectivity index (χ0v) is 17.5. The van der Waals surface area contributed by atoms with Crippen molar-refractivity contribution in [2.75, 3.05) is 4.90 Å². The van der Waals surface area contributed by atoms with Crippen LogP contribution in [0.15, 0.2) is 66.7 Å². The second-order valence-corrected chi connectivity index (χ2v) is 9.23. The van der Waals surface area contributed by atoms with Gasteiger partial charge in [0.1, 0.15) is 0 Å². The van der Waals surface area contributed by atoms with E-state index < -0.39 is 0 Å². The minimum absolute atomic E-state index is 0.00504. The van der Waals surface area contributed by atoms with E-state index in [4.69, 9.17) is 0 Å². The molecule has 1 aromatic heterocycles. The second-order valence-electron chi connectivity index (χ2n) is 9.23. The molecule has 1 saturated heterocycles. The molecular formula is C27H26N2O2. The number of benzene rings is 2. The number of hydrogen-bond acceptors (Lipinski definition) is 2. The minimum Gasteiger partial charge on any atom is -0.361 e. The lowest BCUT2D eigenvalue weighted by Crippen LogP contribution is -2.37. The number of rotatable bonds is 3. The number of imide groups is 1. The third-order valence-corrected chi connectivity index (χ3v) is 7.53. The molecule has 1 N–H and O–H groups in total. The van der Waals surface area contributed by atoms with Gasteiger partial charge in [-0.05, 0) is 48.1 Å². The topological polar surface area (TPSA) is 53.2 Å². The molecule has 3 aliphatic rings. The van der Waals surface area contributed by atoms with Crippen molar-refractivity contribution in [1.29, 1.82) is 0 Å². The molecule has 2 fully saturated rings. The van der Waals surface area contributed by atoms with Crippen LogP contribution in [-0.4, -0.2) is 16.8 Å². The molecule has 31 heavy (non-hydrogen) atoms. The Morgan fingerprint density at radius 1 is 0.871 bits per heavy atom. The molecule has 1 aliphatic heterocycles. The highest BCUT2D eigenvalue weighted by Gasteiger charge is 2.57. The van der Waals surface area contributed by atoms with Gasteiger partial charge in [0.05, 0.1) is 17.5 Å². The summed E-state index contributed by atoms with van der Waals surface area (Å²) >= 11 is 0. The average molecular weight is 411 g/mol. The molecule has 0 spiro atoms. The largest absolute Gasteiger partial charge is 0.361 e. The van der Waals surface area contributed by atoms with Crippen LogP contribution in [0.3, 0.4) is 0 Å². The van der Waals surface area contributed by atoms with Gasteiger partial charge in [-0.3, -0.25) is 9.59 Å². The number of carbonyl (C=O) groups is 2. The average Bonchev–Trinajstić information content (AvgIpc) is 3.33. The van der Waals surface area contributed by atoms with Crippen molar-refractivity contribution >= 4 is 17.5 Å². The summed E-state index contributed by atoms with van der Waals surface area (Å²) in [5, 5.41) is 0. The molecule has 4 nitrogen and oxygen atoms in total. The van der Waals surface area contributed by atoms with E-state index in [-0.39, 0.29) is 29.6 Å². The lowest BCUT2D eigenvalue weighted by molar-refractivity contribution is -0.123. The summed E-state index contributed by atoms with van der Waals surface area (Å²) in [6.45, 7) is 0. The number of anilines is 1. The normalized spacial score (nSPS) is 27.0. The lowest BCUT2D eigenvalue weighted by atomic mass is 9.62. The fourth-order valence-corrected chi connectivity index (χ4v) is 6.25. The Hall–Kier alpha value is -3.14. The van der Waals surface area contributed by atoms with Crippen LogP contribution >= 0.6 is 0 Å². The van der Waals surface area contributed by atoms with Crippen molar-refractivity contribution in [2.24, 2.45) is 11.8 Å². The van der Waals surface area contributed by atoms with Crippen molar-refractivity contribution in [2.45, 2.75) is 43.9 Å². The van der Waals surface area contributed by atoms with Gasteiger partial charge >= 0.3 is 0 Å². The Balaban J connectivity index is 1.44. The maximum atomic E-state index is 13.6. The van der Waals surface area contributed by atoms with Crippen molar-refractivity contribution in [3.05, 3.63) is 89.2 Å². The van der Waals surface area contributed by atoms with Crippen molar-refractivity contribution in [1.82, 2.24) is 4.98 Å². The number of nitrogens with one attached hydrogen (secondary N) is 1. The zero-order chi connectivity index (χ0) is 20.9. The molecule has 3 aromatic rings. The maximum absolute atomic E-state index is 13.6. The summed E-state index contributed by atoms with van der Waals surface area (Å²) in [6, 6.07) is 22.0. The van der Waals surface area contributed by atoms with Gasteiger partial charge in [-0.25, -0.2) is 4.90 Å². The number of amides is 2. The SMILES string of the molecule is O=C1[C@H]2[C@H]3CCCC[C@H]3c3[nH]c(Cc4ccccc4)cc3[C@H]2C(=O)N1c1ccccc1. The van der Waals surface area contributed by atoms with Crippen LogP contribution in [0.5, 0.6) is 0 Å². The molecule has 4 atom stereocenters. The number of aromatic amines is 1. The quantitative estimate of drug-likeness (QED) is 0.606. The van der Waals surface area contributed by atoms with E-state index in [1.54, 1.807) is 0 Å². The highest BCUT2D eigenvalue weighted by atomic mass is 16.2. The van der Waals surface area contributed by atoms with Gasteiger partial charge in [-0.15, -0.1) is 0 Å². The summed E-state index contributed by atoms with van der Waals surface area (Å²) in [6.07, 6.45) is 5.27. The van der Waals surface area contributed by atoms with Crippen molar-refractivity contribution in [3.63, 3.8) is 0 Å². The van der Waals surface area contributed by atoms with Crippen LogP contribution in [0.1, 0.15) is 60.0 Å². The number of aromatic nitrogens is 1. The Labute approximate surface area is 182 Å². The van der Waals surface area contributed by atoms with Gasteiger partial charge in [-0.1, -0.05) is 61.4 Å². The molecule has 156 valence electrons. The molecule has 1 saturated carbocycles. The smallest absolute Gasteiger partial charge is 0.242 e. The van der Waals surface area contributed by atoms with Crippen molar-refractivity contribution < 1.29 is 9.59 Å². The van der Waals surface area contributed by atoms with E-state index in [1.807, 2.05) is 36.4 Å². The van der Waals surface area contributed by atoms with Crippen molar-refractivity contribution in [3.8, 4) is 0 Å². The number of nitrogens with zero attached hydrogens (tertiary/aromatic N) is 1. The maximum Gasteiger partial charge on any atom is 0.242 e. The fraction of sp³-hybridized carbons (Fsp3) is 0.333. The lowest BCUT2D eigenvalue weighted by Gasteiger charge is -2.40. The third kappa shape index (κ3) is 2.88. The van der Waals surface area contributed by atoms with Crippen LogP contribution in [0.2, 0.25) is 0 Å². The molecule has 0 bridgehead atoms. The van der Waals surface area contributed by atoms with Gasteiger partial charge in [0.25, 0.3) is 0 Å². The monoisotopic (exact) mass is 410 g/mol. The van der Waals surface area contributed by atoms with Gasteiger partial charge in [0.15, 0.2) is 0 Å². The van der Waals surface area contributed by atoms with E-state index in [9.17, 15) is 9.59 Å². The highest BCUT2D eigenvalue weighted by Crippen LogP contribution is 2.56. The Kier molecular flexibility index (Phi) is 4.34. The van der Waals surface area contributed by atoms with E-state index in [1.165, 1.54) is 22.6 Å². The van der Waals surface area contributed by atoms with E-state index in [0.29, 0.717) is 11.6 Å². The Morgan fingerprint density at radius 2 is 1.58 bits per heavy atom. The van der Waals surface area contributed by atoms with Crippen LogP contribution in [-0.2, 0) is 16.0 Å². The highest BCUT2D eigenvalue weighted by molar-refractivity contribution is 6.24. The first kappa shape index (κ1) is 18.6. The van der Waals surface area contributed by atoms with Crippen LogP contribution in [0.25, 0.3) is 0 Å². The van der Waals surface area contributed by atoms with E-state index in [0.717, 1.165) is 36.9 Å². The van der Waals surface area contributed by atoms with Crippen LogP contribution < -0.4 is 4.90 Å². The molecule has 2 amide bonds. The predicted octanol–water partition coefficient (Wildman–Crippen LogP) is 5.17. The molecule has 0 unspecified atom stereocenters. The number of carbonyl (C=O) groups excluding carboxylic acids is 2. The standard InChI is InChI=1S/C27H26N2O2/c30-26-23-20-13-7-8-14-21(20)25-22(16-18(28-25)15-17-9-3-1-4-10-17)24(23)27(31)29(26)19-11-5-2-6-12-19/h1-6,9-12,16,20-21,23-24,28H,7-8,13-15H2/t20-,21+,23-,24+/m0/s1. The number of hydrogen-bond donors (Lipinski definition) is 1. The summed E-state index contributed by atoms with van der Waals surface area (Å²) in [4.78, 5) is 32.4. The summed E-state index contributed by atoms with van der Waals surface area (Å²) in [7, 11) is 0. The molecule has 4 heteroatoms. The second kappa shape index (κ2) is 7.23. The molecular weight excluding hydrogens is 384 g/mol. The number of H-pyrrole nitrogens is 1. The summed E-state index contributed by atoms with van der Waals surface area (Å²) in [5.41, 5.74) is 5.36. The van der Waals surface area contributed by atoms with E-state index in [2.05, 4.69) is 35.3 Å². The first-order valence-corrected chi connectivity index (χ1v) is 11.4. The number of para-hydroxylation sites is 1. The molecule has 2 aromatic carbocycles. The third-order valence-electron chi connectivity index (χ3n) is 7.53. The first-order valence-electron chi connectivity index (χ1n) is 11.4. The van der Waals surface area contributed by atoms with Gasteiger partial charge in [0, 0.05) is 23.7 Å². The minimum atomic E-state index is -0.358. The first-order chi connectivity index (χ1) is 15.2. The van der Waals surface area contributed by atoms with Gasteiger partial charge in [0.2, 0.25) is 11.8 Å². The summed E-state index contributed by atoms with van der Waals surface area (Å²) < 4.78 is 0. The molecule has 2 heterocycles. The Morgan fingerprint density at radius 3 is 2.35 bits per heavy atom. The molecule has 0 radical (unpaired) electrons. The summed E-state index contributed by atoms with van der Waals surface area (Å²) in [5.74, 6) is -0.0540. The van der Waals surface area contributed by atoms with Crippen LogP contribution in [0.4, 0.5) is 5.69 Å². The molecule has 2 aliphatic carbocycles.